The maximum absolute atomic E-state index is 11.5. The fourth-order valence-electron chi connectivity index (χ4n) is 1.60. The summed E-state index contributed by atoms with van der Waals surface area (Å²) >= 11 is 0. The first-order valence-corrected chi connectivity index (χ1v) is 6.33. The molecule has 0 spiro atoms. The SMILES string of the molecule is O=C(O)CCCCCNC(=O)CC(O)(CC(=O)O)C(=O)O. The van der Waals surface area contributed by atoms with Crippen LogP contribution >= 0.6 is 0 Å². The first-order valence-electron chi connectivity index (χ1n) is 6.33. The van der Waals surface area contributed by atoms with Crippen molar-refractivity contribution in [2.45, 2.75) is 44.1 Å². The highest BCUT2D eigenvalue weighted by Gasteiger charge is 2.40. The molecule has 1 amide bonds. The van der Waals surface area contributed by atoms with Gasteiger partial charge in [0.05, 0.1) is 12.8 Å². The van der Waals surface area contributed by atoms with E-state index in [0.29, 0.717) is 19.3 Å². The van der Waals surface area contributed by atoms with Gasteiger partial charge < -0.3 is 25.7 Å². The maximum atomic E-state index is 11.5. The van der Waals surface area contributed by atoms with Crippen LogP contribution in [0.4, 0.5) is 0 Å². The van der Waals surface area contributed by atoms with Crippen LogP contribution in [0.15, 0.2) is 0 Å². The zero-order valence-electron chi connectivity index (χ0n) is 11.4. The summed E-state index contributed by atoms with van der Waals surface area (Å²) in [6, 6.07) is 0. The average molecular weight is 305 g/mol. The van der Waals surface area contributed by atoms with Crippen LogP contribution in [0.2, 0.25) is 0 Å². The first kappa shape index (κ1) is 18.8. The van der Waals surface area contributed by atoms with Gasteiger partial charge >= 0.3 is 17.9 Å². The van der Waals surface area contributed by atoms with E-state index in [0.717, 1.165) is 0 Å². The van der Waals surface area contributed by atoms with Crippen molar-refractivity contribution in [3.8, 4) is 0 Å². The van der Waals surface area contributed by atoms with Crippen molar-refractivity contribution < 1.29 is 39.6 Å². The Balaban J connectivity index is 4.08. The van der Waals surface area contributed by atoms with Crippen molar-refractivity contribution in [1.29, 1.82) is 0 Å². The molecule has 0 saturated carbocycles. The van der Waals surface area contributed by atoms with Crippen LogP contribution in [-0.2, 0) is 19.2 Å². The van der Waals surface area contributed by atoms with E-state index in [-0.39, 0.29) is 13.0 Å². The summed E-state index contributed by atoms with van der Waals surface area (Å²) in [7, 11) is 0. The second-order valence-electron chi connectivity index (χ2n) is 4.64. The predicted octanol–water partition coefficient (Wildman–Crippen LogP) is -0.572. The van der Waals surface area contributed by atoms with Crippen molar-refractivity contribution in [2.75, 3.05) is 6.54 Å². The summed E-state index contributed by atoms with van der Waals surface area (Å²) in [6.07, 6.45) is -0.360. The Hall–Kier alpha value is -2.16. The van der Waals surface area contributed by atoms with E-state index in [1.54, 1.807) is 0 Å². The molecule has 0 aromatic rings. The Labute approximate surface area is 120 Å². The Morgan fingerprint density at radius 3 is 1.95 bits per heavy atom. The smallest absolute Gasteiger partial charge is 0.336 e. The van der Waals surface area contributed by atoms with Gasteiger partial charge in [0.1, 0.15) is 0 Å². The van der Waals surface area contributed by atoms with E-state index >= 15 is 0 Å². The molecule has 9 heteroatoms. The topological polar surface area (TPSA) is 161 Å². The summed E-state index contributed by atoms with van der Waals surface area (Å²) in [5, 5.41) is 37.7. The van der Waals surface area contributed by atoms with E-state index in [1.807, 2.05) is 0 Å². The number of amides is 1. The lowest BCUT2D eigenvalue weighted by Gasteiger charge is -2.20. The zero-order chi connectivity index (χ0) is 16.5. The van der Waals surface area contributed by atoms with Crippen LogP contribution in [0.5, 0.6) is 0 Å². The highest BCUT2D eigenvalue weighted by atomic mass is 16.4. The molecule has 0 bridgehead atoms. The molecule has 0 heterocycles. The number of rotatable bonds is 11. The minimum absolute atomic E-state index is 0.0331. The van der Waals surface area contributed by atoms with Crippen LogP contribution in [0.25, 0.3) is 0 Å². The fraction of sp³-hybridized carbons (Fsp3) is 0.667. The van der Waals surface area contributed by atoms with Gasteiger partial charge in [-0.05, 0) is 12.8 Å². The van der Waals surface area contributed by atoms with E-state index in [4.69, 9.17) is 15.3 Å². The third-order valence-electron chi connectivity index (χ3n) is 2.68. The molecule has 0 rings (SSSR count). The summed E-state index contributed by atoms with van der Waals surface area (Å²) in [5.74, 6) is -4.98. The predicted molar refractivity (Wildman–Crippen MR) is 68.6 cm³/mol. The Kier molecular flexibility index (Phi) is 7.99. The molecule has 0 fully saturated rings. The number of unbranched alkanes of at least 4 members (excludes halogenated alkanes) is 2. The average Bonchev–Trinajstić information content (AvgIpc) is 2.31. The lowest BCUT2D eigenvalue weighted by atomic mass is 9.95. The molecule has 0 aliphatic rings. The Bertz CT molecular complexity index is 408. The standard InChI is InChI=1S/C12H19NO8/c14-8(13-5-3-1-2-4-9(15)16)6-12(21,11(19)20)7-10(17)18/h21H,1-7H2,(H,13,14)(H,15,16)(H,17,18)(H,19,20). The van der Waals surface area contributed by atoms with Crippen molar-refractivity contribution in [3.63, 3.8) is 0 Å². The van der Waals surface area contributed by atoms with Crippen molar-refractivity contribution in [3.05, 3.63) is 0 Å². The third-order valence-corrected chi connectivity index (χ3v) is 2.68. The van der Waals surface area contributed by atoms with Crippen LogP contribution < -0.4 is 5.32 Å². The summed E-state index contributed by atoms with van der Waals surface area (Å²) in [5.41, 5.74) is -2.64. The molecule has 1 unspecified atom stereocenters. The highest BCUT2D eigenvalue weighted by molar-refractivity contribution is 5.90. The van der Waals surface area contributed by atoms with Crippen molar-refractivity contribution >= 4 is 23.8 Å². The molecule has 0 aromatic carbocycles. The number of carbonyl (C=O) groups excluding carboxylic acids is 1. The molecule has 0 aromatic heterocycles. The quantitative estimate of drug-likeness (QED) is 0.317. The zero-order valence-corrected chi connectivity index (χ0v) is 11.4. The van der Waals surface area contributed by atoms with Gasteiger partial charge in [-0.1, -0.05) is 6.42 Å². The second-order valence-corrected chi connectivity index (χ2v) is 4.64. The number of carboxylic acids is 3. The molecular weight excluding hydrogens is 286 g/mol. The molecule has 0 saturated heterocycles. The molecule has 0 aliphatic carbocycles. The van der Waals surface area contributed by atoms with Gasteiger partial charge in [0, 0.05) is 13.0 Å². The number of aliphatic carboxylic acids is 3. The number of hydrogen-bond acceptors (Lipinski definition) is 5. The lowest BCUT2D eigenvalue weighted by molar-refractivity contribution is -0.167. The monoisotopic (exact) mass is 305 g/mol. The minimum atomic E-state index is -2.64. The number of carbonyl (C=O) groups is 4. The van der Waals surface area contributed by atoms with E-state index in [9.17, 15) is 24.3 Å². The van der Waals surface area contributed by atoms with Gasteiger partial charge in [-0.15, -0.1) is 0 Å². The van der Waals surface area contributed by atoms with Gasteiger partial charge in [0.2, 0.25) is 5.91 Å². The van der Waals surface area contributed by atoms with Crippen molar-refractivity contribution in [1.82, 2.24) is 5.32 Å². The van der Waals surface area contributed by atoms with Gasteiger partial charge in [0.25, 0.3) is 0 Å². The van der Waals surface area contributed by atoms with E-state index < -0.39 is 42.3 Å². The van der Waals surface area contributed by atoms with Crippen molar-refractivity contribution in [2.24, 2.45) is 0 Å². The van der Waals surface area contributed by atoms with Crippen LogP contribution in [0.1, 0.15) is 38.5 Å². The number of nitrogens with one attached hydrogen (secondary N) is 1. The van der Waals surface area contributed by atoms with Gasteiger partial charge in [0.15, 0.2) is 5.60 Å². The maximum Gasteiger partial charge on any atom is 0.336 e. The molecule has 9 nitrogen and oxygen atoms in total. The molecule has 5 N–H and O–H groups in total. The summed E-state index contributed by atoms with van der Waals surface area (Å²) < 4.78 is 0. The molecule has 0 aliphatic heterocycles. The number of aliphatic hydroxyl groups is 1. The first-order chi connectivity index (χ1) is 9.67. The minimum Gasteiger partial charge on any atom is -0.481 e. The van der Waals surface area contributed by atoms with Crippen LogP contribution in [0.3, 0.4) is 0 Å². The van der Waals surface area contributed by atoms with Gasteiger partial charge in [-0.2, -0.15) is 0 Å². The molecule has 120 valence electrons. The third kappa shape index (κ3) is 8.58. The lowest BCUT2D eigenvalue weighted by Crippen LogP contribution is -2.45. The molecular formula is C12H19NO8. The second kappa shape index (κ2) is 8.90. The number of hydrogen-bond donors (Lipinski definition) is 5. The van der Waals surface area contributed by atoms with Gasteiger partial charge in [-0.25, -0.2) is 4.79 Å². The summed E-state index contributed by atoms with van der Waals surface area (Å²) in [4.78, 5) is 43.0. The normalized spacial score (nSPS) is 13.2. The Morgan fingerprint density at radius 1 is 0.857 bits per heavy atom. The largest absolute Gasteiger partial charge is 0.481 e. The summed E-state index contributed by atoms with van der Waals surface area (Å²) in [6.45, 7) is 0.196. The van der Waals surface area contributed by atoms with Crippen LogP contribution in [0, 0.1) is 0 Å². The van der Waals surface area contributed by atoms with Crippen LogP contribution in [-0.4, -0.2) is 56.4 Å². The molecule has 21 heavy (non-hydrogen) atoms. The number of carboxylic acid groups (broad SMARTS) is 3. The highest BCUT2D eigenvalue weighted by Crippen LogP contribution is 2.16. The Morgan fingerprint density at radius 2 is 1.48 bits per heavy atom. The molecule has 0 radical (unpaired) electrons. The fourth-order valence-corrected chi connectivity index (χ4v) is 1.60. The molecule has 1 atom stereocenters. The van der Waals surface area contributed by atoms with E-state index in [1.165, 1.54) is 0 Å². The van der Waals surface area contributed by atoms with Gasteiger partial charge in [-0.3, -0.25) is 14.4 Å². The van der Waals surface area contributed by atoms with E-state index in [2.05, 4.69) is 5.32 Å².